The van der Waals surface area contributed by atoms with Crippen molar-refractivity contribution in [3.63, 3.8) is 0 Å². The lowest BCUT2D eigenvalue weighted by Crippen LogP contribution is -2.46. The molecule has 0 radical (unpaired) electrons. The molecular weight excluding hydrogens is 535 g/mol. The summed E-state index contributed by atoms with van der Waals surface area (Å²) in [5, 5.41) is 6.09. The first-order valence-electron chi connectivity index (χ1n) is 12.4. The van der Waals surface area contributed by atoms with Crippen molar-refractivity contribution in [3.05, 3.63) is 130 Å². The van der Waals surface area contributed by atoms with Gasteiger partial charge in [-0.15, -0.1) is 0 Å². The fourth-order valence-corrected chi connectivity index (χ4v) is 4.56. The lowest BCUT2D eigenvalue weighted by atomic mass is 10.00. The van der Waals surface area contributed by atoms with Gasteiger partial charge in [0.1, 0.15) is 5.82 Å². The number of pyridine rings is 1. The fourth-order valence-electron chi connectivity index (χ4n) is 4.37. The van der Waals surface area contributed by atoms with E-state index in [0.717, 1.165) is 0 Å². The van der Waals surface area contributed by atoms with Crippen LogP contribution in [0.5, 0.6) is 0 Å². The monoisotopic (exact) mass is 558 g/mol. The van der Waals surface area contributed by atoms with E-state index in [2.05, 4.69) is 15.6 Å². The Kier molecular flexibility index (Phi) is 8.02. The summed E-state index contributed by atoms with van der Waals surface area (Å²) < 4.78 is 19.1. The minimum absolute atomic E-state index is 0.0467. The van der Waals surface area contributed by atoms with Crippen LogP contribution >= 0.6 is 11.6 Å². The first kappa shape index (κ1) is 26.8. The quantitative estimate of drug-likeness (QED) is 0.297. The molecule has 2 heterocycles. The molecule has 1 fully saturated rings. The van der Waals surface area contributed by atoms with Crippen molar-refractivity contribution in [1.29, 1.82) is 0 Å². The number of amides is 3. The van der Waals surface area contributed by atoms with Crippen molar-refractivity contribution in [1.82, 2.24) is 15.2 Å². The number of aromatic nitrogens is 1. The molecule has 8 nitrogen and oxygen atoms in total. The Labute approximate surface area is 234 Å². The van der Waals surface area contributed by atoms with Crippen LogP contribution in [0.3, 0.4) is 0 Å². The Bertz CT molecular complexity index is 1520. The maximum atomic E-state index is 13.5. The first-order chi connectivity index (χ1) is 19.4. The second-order valence-corrected chi connectivity index (χ2v) is 9.57. The van der Waals surface area contributed by atoms with Gasteiger partial charge in [0, 0.05) is 22.5 Å². The molecule has 40 heavy (non-hydrogen) atoms. The third kappa shape index (κ3) is 6.27. The summed E-state index contributed by atoms with van der Waals surface area (Å²) in [6, 6.07) is 23.3. The molecule has 0 spiro atoms. The summed E-state index contributed by atoms with van der Waals surface area (Å²) in [6.45, 7) is 0.209. The molecule has 4 aromatic rings. The van der Waals surface area contributed by atoms with Gasteiger partial charge in [-0.25, -0.2) is 9.18 Å². The summed E-state index contributed by atoms with van der Waals surface area (Å²) in [5.74, 6) is -1.17. The number of benzene rings is 3. The maximum absolute atomic E-state index is 13.5. The molecule has 0 bridgehead atoms. The topological polar surface area (TPSA) is 101 Å². The summed E-state index contributed by atoms with van der Waals surface area (Å²) >= 11 is 5.99. The van der Waals surface area contributed by atoms with Gasteiger partial charge in [0.25, 0.3) is 5.91 Å². The Morgan fingerprint density at radius 1 is 0.975 bits per heavy atom. The van der Waals surface area contributed by atoms with Crippen LogP contribution in [-0.2, 0) is 22.6 Å². The number of anilines is 1. The first-order valence-corrected chi connectivity index (χ1v) is 12.8. The van der Waals surface area contributed by atoms with Gasteiger partial charge < -0.3 is 15.4 Å². The zero-order valence-electron chi connectivity index (χ0n) is 21.1. The highest BCUT2D eigenvalue weighted by atomic mass is 35.5. The number of hydrogen-bond donors (Lipinski definition) is 2. The van der Waals surface area contributed by atoms with E-state index in [1.54, 1.807) is 79.0 Å². The molecule has 2 N–H and O–H groups in total. The van der Waals surface area contributed by atoms with Gasteiger partial charge in [0.15, 0.2) is 12.1 Å². The molecular formula is C30H24ClFN4O4. The number of hydrogen-bond acceptors (Lipinski definition) is 5. The van der Waals surface area contributed by atoms with Crippen molar-refractivity contribution < 1.29 is 23.5 Å². The van der Waals surface area contributed by atoms with Crippen LogP contribution in [0.25, 0.3) is 0 Å². The van der Waals surface area contributed by atoms with Gasteiger partial charge in [-0.1, -0.05) is 48.0 Å². The maximum Gasteiger partial charge on any atom is 0.411 e. The molecule has 3 aromatic carbocycles. The highest BCUT2D eigenvalue weighted by molar-refractivity contribution is 6.31. The standard InChI is InChI=1S/C30H24ClFN4O4/c31-22-5-3-4-21(16-22)28(37)35-24-13-9-20(10-14-24)27-26(29(38)34-17-25-6-1-2-15-33-25)36(30(39)40-27)18-19-7-11-23(32)12-8-19/h1-16,26-27H,17-18H2,(H,34,38)(H,35,37)/t26-,27-/m1/s1. The number of nitrogens with one attached hydrogen (secondary N) is 2. The van der Waals surface area contributed by atoms with Crippen molar-refractivity contribution in [2.45, 2.75) is 25.2 Å². The predicted octanol–water partition coefficient (Wildman–Crippen LogP) is 5.50. The second kappa shape index (κ2) is 12.0. The smallest absolute Gasteiger partial charge is 0.411 e. The van der Waals surface area contributed by atoms with E-state index in [1.165, 1.54) is 17.0 Å². The van der Waals surface area contributed by atoms with Crippen LogP contribution in [0.15, 0.2) is 97.2 Å². The minimum atomic E-state index is -1.01. The van der Waals surface area contributed by atoms with Crippen LogP contribution < -0.4 is 10.6 Å². The number of rotatable bonds is 8. The average molecular weight is 559 g/mol. The molecule has 1 aliphatic heterocycles. The molecule has 10 heteroatoms. The lowest BCUT2D eigenvalue weighted by molar-refractivity contribution is -0.126. The molecule has 1 aliphatic rings. The van der Waals surface area contributed by atoms with E-state index in [9.17, 15) is 18.8 Å². The van der Waals surface area contributed by atoms with Crippen molar-refractivity contribution in [3.8, 4) is 0 Å². The highest BCUT2D eigenvalue weighted by Gasteiger charge is 2.47. The van der Waals surface area contributed by atoms with Crippen molar-refractivity contribution in [2.75, 3.05) is 5.32 Å². The number of halogens is 2. The predicted molar refractivity (Wildman–Crippen MR) is 147 cm³/mol. The van der Waals surface area contributed by atoms with E-state index in [1.807, 2.05) is 6.07 Å². The SMILES string of the molecule is O=C(Nc1ccc([C@H]2OC(=O)N(Cc3ccc(F)cc3)[C@H]2C(=O)NCc2ccccn2)cc1)c1cccc(Cl)c1. The fraction of sp³-hybridized carbons (Fsp3) is 0.133. The number of carbonyl (C=O) groups is 3. The van der Waals surface area contributed by atoms with E-state index in [4.69, 9.17) is 16.3 Å². The van der Waals surface area contributed by atoms with Gasteiger partial charge in [-0.2, -0.15) is 0 Å². The zero-order valence-corrected chi connectivity index (χ0v) is 21.8. The minimum Gasteiger partial charge on any atom is -0.438 e. The van der Waals surface area contributed by atoms with Crippen LogP contribution in [0.2, 0.25) is 5.02 Å². The van der Waals surface area contributed by atoms with Gasteiger partial charge >= 0.3 is 6.09 Å². The van der Waals surface area contributed by atoms with E-state index >= 15 is 0 Å². The van der Waals surface area contributed by atoms with Crippen LogP contribution in [0, 0.1) is 5.82 Å². The third-order valence-corrected chi connectivity index (χ3v) is 6.61. The van der Waals surface area contributed by atoms with E-state index in [-0.39, 0.29) is 19.0 Å². The van der Waals surface area contributed by atoms with Gasteiger partial charge in [0.05, 0.1) is 18.8 Å². The van der Waals surface area contributed by atoms with Crippen LogP contribution in [-0.4, -0.2) is 33.8 Å². The molecule has 0 aliphatic carbocycles. The van der Waals surface area contributed by atoms with Crippen LogP contribution in [0.1, 0.15) is 33.3 Å². The molecule has 0 saturated carbocycles. The Morgan fingerprint density at radius 2 is 1.75 bits per heavy atom. The lowest BCUT2D eigenvalue weighted by Gasteiger charge is -2.24. The molecule has 1 aromatic heterocycles. The van der Waals surface area contributed by atoms with Crippen LogP contribution in [0.4, 0.5) is 14.9 Å². The number of nitrogens with zero attached hydrogens (tertiary/aromatic N) is 2. The Balaban J connectivity index is 1.36. The normalized spacial score (nSPS) is 16.4. The van der Waals surface area contributed by atoms with E-state index < -0.39 is 30.0 Å². The molecule has 0 unspecified atom stereocenters. The van der Waals surface area contributed by atoms with Gasteiger partial charge in [-0.05, 0) is 65.7 Å². The largest absolute Gasteiger partial charge is 0.438 e. The number of cyclic esters (lactones) is 1. The Morgan fingerprint density at radius 3 is 2.45 bits per heavy atom. The molecule has 1 saturated heterocycles. The van der Waals surface area contributed by atoms with Crippen molar-refractivity contribution in [2.24, 2.45) is 0 Å². The van der Waals surface area contributed by atoms with Gasteiger partial charge in [-0.3, -0.25) is 19.5 Å². The molecule has 202 valence electrons. The second-order valence-electron chi connectivity index (χ2n) is 9.13. The molecule has 5 rings (SSSR count). The van der Waals surface area contributed by atoms with E-state index in [0.29, 0.717) is 33.1 Å². The Hall–Kier alpha value is -4.76. The molecule has 2 atom stereocenters. The van der Waals surface area contributed by atoms with Gasteiger partial charge in [0.2, 0.25) is 5.91 Å². The summed E-state index contributed by atoms with van der Waals surface area (Å²) in [7, 11) is 0. The number of ether oxygens (including phenoxy) is 1. The average Bonchev–Trinajstić information content (AvgIpc) is 3.29. The number of carbonyl (C=O) groups excluding carboxylic acids is 3. The summed E-state index contributed by atoms with van der Waals surface area (Å²) in [4.78, 5) is 44.6. The highest BCUT2D eigenvalue weighted by Crippen LogP contribution is 2.34. The summed E-state index contributed by atoms with van der Waals surface area (Å²) in [5.41, 5.74) is 2.77. The van der Waals surface area contributed by atoms with Crippen molar-refractivity contribution >= 4 is 35.2 Å². The summed E-state index contributed by atoms with van der Waals surface area (Å²) in [6.07, 6.45) is 0.0278. The molecule has 3 amide bonds. The third-order valence-electron chi connectivity index (χ3n) is 6.37. The zero-order chi connectivity index (χ0) is 28.1.